The number of allylic oxidation sites excluding steroid dienone is 2. The lowest BCUT2D eigenvalue weighted by molar-refractivity contribution is 1.26. The van der Waals surface area contributed by atoms with Crippen molar-refractivity contribution in [2.75, 3.05) is 0 Å². The first-order valence-electron chi connectivity index (χ1n) is 6.14. The molecule has 18 heavy (non-hydrogen) atoms. The van der Waals surface area contributed by atoms with E-state index >= 15 is 0 Å². The summed E-state index contributed by atoms with van der Waals surface area (Å²) in [6.45, 7) is 21.4. The first kappa shape index (κ1) is 16.2. The quantitative estimate of drug-likeness (QED) is 0.726. The van der Waals surface area contributed by atoms with Crippen LogP contribution in [0.15, 0.2) is 24.8 Å². The molecule has 1 rings (SSSR count). The van der Waals surface area contributed by atoms with Crippen molar-refractivity contribution in [3.63, 3.8) is 0 Å². The zero-order chi connectivity index (χ0) is 14.3. The summed E-state index contributed by atoms with van der Waals surface area (Å²) >= 11 is 0. The Morgan fingerprint density at radius 1 is 1.17 bits per heavy atom. The van der Waals surface area contributed by atoms with Crippen LogP contribution in [0.4, 0.5) is 0 Å². The number of nitrogens with one attached hydrogen (secondary N) is 1. The highest BCUT2D eigenvalue weighted by atomic mass is 14.7. The molecule has 0 unspecified atom stereocenters. The van der Waals surface area contributed by atoms with Crippen molar-refractivity contribution < 1.29 is 0 Å². The van der Waals surface area contributed by atoms with Gasteiger partial charge >= 0.3 is 0 Å². The maximum Gasteiger partial charge on any atom is 0.0466 e. The van der Waals surface area contributed by atoms with E-state index in [-0.39, 0.29) is 0 Å². The van der Waals surface area contributed by atoms with Gasteiger partial charge in [-0.3, -0.25) is 0 Å². The van der Waals surface area contributed by atoms with Crippen molar-refractivity contribution in [1.29, 1.82) is 0 Å². The number of aromatic amines is 1. The molecule has 0 aliphatic carbocycles. The minimum absolute atomic E-state index is 0.973. The molecule has 1 aromatic heterocycles. The molecule has 0 atom stereocenters. The van der Waals surface area contributed by atoms with E-state index in [0.717, 1.165) is 16.3 Å². The highest BCUT2D eigenvalue weighted by Gasteiger charge is 1.94. The Kier molecular flexibility index (Phi) is 6.81. The highest BCUT2D eigenvalue weighted by Crippen LogP contribution is 1.85. The Balaban J connectivity index is 0.000000873. The Hall–Kier alpha value is -1.76. The van der Waals surface area contributed by atoms with Gasteiger partial charge < -0.3 is 4.98 Å². The summed E-state index contributed by atoms with van der Waals surface area (Å²) in [6, 6.07) is 0. The van der Waals surface area contributed by atoms with E-state index in [0.29, 0.717) is 0 Å². The fourth-order valence-electron chi connectivity index (χ4n) is 1.80. The number of H-pyrrole nitrogens is 1. The van der Waals surface area contributed by atoms with Gasteiger partial charge in [0.15, 0.2) is 0 Å². The molecule has 98 valence electrons. The van der Waals surface area contributed by atoms with Crippen molar-refractivity contribution in [3.05, 3.63) is 45.9 Å². The number of hydrogen-bond acceptors (Lipinski definition) is 0. The van der Waals surface area contributed by atoms with Gasteiger partial charge in [0.25, 0.3) is 0 Å². The van der Waals surface area contributed by atoms with Crippen LogP contribution in [0, 0.1) is 0 Å². The second-order valence-corrected chi connectivity index (χ2v) is 4.49. The first-order valence-corrected chi connectivity index (χ1v) is 6.14. The third-order valence-electron chi connectivity index (χ3n) is 2.33. The van der Waals surface area contributed by atoms with Crippen molar-refractivity contribution in [3.8, 4) is 0 Å². The van der Waals surface area contributed by atoms with Crippen LogP contribution in [0.2, 0.25) is 0 Å². The fourth-order valence-corrected chi connectivity index (χ4v) is 1.80. The average Bonchev–Trinajstić information content (AvgIpc) is 2.54. The average molecular weight is 243 g/mol. The predicted octanol–water partition coefficient (Wildman–Crippen LogP) is 1.96. The van der Waals surface area contributed by atoms with Crippen LogP contribution in [0.3, 0.4) is 0 Å². The third kappa shape index (κ3) is 4.25. The second kappa shape index (κ2) is 7.54. The molecule has 0 saturated heterocycles. The van der Waals surface area contributed by atoms with Crippen LogP contribution in [-0.4, -0.2) is 4.98 Å². The van der Waals surface area contributed by atoms with Gasteiger partial charge in [-0.15, -0.1) is 6.58 Å². The molecular formula is C17H25N. The minimum Gasteiger partial charge on any atom is -0.355 e. The normalized spacial score (nSPS) is 11.8. The summed E-state index contributed by atoms with van der Waals surface area (Å²) in [6.07, 6.45) is 5.90. The lowest BCUT2D eigenvalue weighted by Gasteiger charge is -1.88. The molecule has 1 heterocycles. The van der Waals surface area contributed by atoms with Gasteiger partial charge in [0, 0.05) is 21.1 Å². The Bertz CT molecular complexity index is 635. The van der Waals surface area contributed by atoms with E-state index in [2.05, 4.69) is 50.7 Å². The summed E-state index contributed by atoms with van der Waals surface area (Å²) in [4.78, 5) is 3.30. The highest BCUT2D eigenvalue weighted by molar-refractivity contribution is 5.48. The fraction of sp³-hybridized carbons (Fsp3) is 0.294. The third-order valence-corrected chi connectivity index (χ3v) is 2.33. The van der Waals surface area contributed by atoms with Crippen LogP contribution in [0.5, 0.6) is 0 Å². The topological polar surface area (TPSA) is 15.8 Å². The van der Waals surface area contributed by atoms with E-state index in [1.54, 1.807) is 6.08 Å². The molecule has 1 aromatic rings. The molecule has 0 radical (unpaired) electrons. The van der Waals surface area contributed by atoms with Gasteiger partial charge in [0.2, 0.25) is 0 Å². The van der Waals surface area contributed by atoms with Crippen molar-refractivity contribution in [2.45, 2.75) is 34.6 Å². The lowest BCUT2D eigenvalue weighted by Crippen LogP contribution is -2.38. The summed E-state index contributed by atoms with van der Waals surface area (Å²) in [5.74, 6) is 0. The zero-order valence-electron chi connectivity index (χ0n) is 12.4. The van der Waals surface area contributed by atoms with E-state index in [4.69, 9.17) is 0 Å². The van der Waals surface area contributed by atoms with Crippen LogP contribution in [-0.2, 0) is 0 Å². The van der Waals surface area contributed by atoms with Crippen LogP contribution in [0.1, 0.15) is 34.6 Å². The molecule has 1 nitrogen and oxygen atoms in total. The summed E-state index contributed by atoms with van der Waals surface area (Å²) in [5.41, 5.74) is 2.34. The first-order chi connectivity index (χ1) is 8.38. The maximum atomic E-state index is 4.01. The van der Waals surface area contributed by atoms with E-state index in [1.807, 2.05) is 20.8 Å². The zero-order valence-corrected chi connectivity index (χ0v) is 12.4. The molecule has 0 fully saturated rings. The molecular weight excluding hydrogens is 218 g/mol. The summed E-state index contributed by atoms with van der Waals surface area (Å²) in [7, 11) is 0. The summed E-state index contributed by atoms with van der Waals surface area (Å²) < 4.78 is 0. The second-order valence-electron chi connectivity index (χ2n) is 4.49. The van der Waals surface area contributed by atoms with Gasteiger partial charge in [-0.25, -0.2) is 0 Å². The molecule has 1 N–H and O–H groups in total. The predicted molar refractivity (Wildman–Crippen MR) is 84.9 cm³/mol. The minimum atomic E-state index is 0.973. The Morgan fingerprint density at radius 3 is 2.00 bits per heavy atom. The van der Waals surface area contributed by atoms with Crippen LogP contribution in [0.25, 0.3) is 24.3 Å². The molecule has 0 aromatic carbocycles. The molecule has 0 saturated carbocycles. The van der Waals surface area contributed by atoms with E-state index in [1.165, 1.54) is 16.0 Å². The van der Waals surface area contributed by atoms with Gasteiger partial charge in [0.1, 0.15) is 0 Å². The Labute approximate surface area is 110 Å². The largest absolute Gasteiger partial charge is 0.355 e. The number of rotatable bonds is 1. The molecule has 1 heteroatoms. The van der Waals surface area contributed by atoms with Crippen LogP contribution >= 0.6 is 0 Å². The van der Waals surface area contributed by atoms with Gasteiger partial charge in [0.05, 0.1) is 0 Å². The molecule has 0 spiro atoms. The molecule has 0 amide bonds. The van der Waals surface area contributed by atoms with Crippen molar-refractivity contribution in [2.24, 2.45) is 0 Å². The van der Waals surface area contributed by atoms with E-state index in [9.17, 15) is 0 Å². The lowest BCUT2D eigenvalue weighted by atomic mass is 10.2. The van der Waals surface area contributed by atoms with Crippen molar-refractivity contribution >= 4 is 24.3 Å². The monoisotopic (exact) mass is 243 g/mol. The molecule has 0 aliphatic rings. The SMILES string of the molecule is C=C(C)/C=c1/[nH]c(=C)/c(=C\C)c1=C(C)C.C=CC. The van der Waals surface area contributed by atoms with Crippen molar-refractivity contribution in [1.82, 2.24) is 4.98 Å². The van der Waals surface area contributed by atoms with Crippen LogP contribution < -0.4 is 21.1 Å². The standard InChI is InChI=1S/C14H19N.C3H6/c1-7-12-11(6)15-13(8-9(2)3)14(12)10(4)5;1-3-2/h7-8,15H,2,6H2,1,3-5H3;3H,1H2,2H3/b12-7+,13-8+;. The molecule has 0 bridgehead atoms. The number of hydrogen-bond donors (Lipinski definition) is 1. The summed E-state index contributed by atoms with van der Waals surface area (Å²) in [5, 5.41) is 4.54. The maximum absolute atomic E-state index is 4.01. The Morgan fingerprint density at radius 2 is 1.67 bits per heavy atom. The van der Waals surface area contributed by atoms with Gasteiger partial charge in [-0.2, -0.15) is 0 Å². The van der Waals surface area contributed by atoms with Gasteiger partial charge in [-0.05, 0) is 40.7 Å². The number of aromatic nitrogens is 1. The van der Waals surface area contributed by atoms with Gasteiger partial charge in [-0.1, -0.05) is 36.5 Å². The van der Waals surface area contributed by atoms with E-state index < -0.39 is 0 Å². The smallest absolute Gasteiger partial charge is 0.0466 e. The molecule has 0 aliphatic heterocycles.